The number of aromatic nitrogens is 3. The summed E-state index contributed by atoms with van der Waals surface area (Å²) in [7, 11) is 0. The van der Waals surface area contributed by atoms with Gasteiger partial charge in [0, 0.05) is 30.9 Å². The summed E-state index contributed by atoms with van der Waals surface area (Å²) in [5.41, 5.74) is 2.98. The number of ether oxygens (including phenoxy) is 1. The Morgan fingerprint density at radius 2 is 1.78 bits per heavy atom. The molecular weight excluding hydrogens is 344 g/mol. The summed E-state index contributed by atoms with van der Waals surface area (Å²) in [5.74, 6) is 2.49. The van der Waals surface area contributed by atoms with Crippen LogP contribution in [0.4, 0.5) is 29.0 Å². The molecule has 1 aliphatic heterocycles. The van der Waals surface area contributed by atoms with Crippen molar-refractivity contribution < 1.29 is 9.26 Å². The molecule has 0 radical (unpaired) electrons. The van der Waals surface area contributed by atoms with Gasteiger partial charge in [-0.05, 0) is 26.0 Å². The number of aryl methyl sites for hydroxylation is 2. The molecule has 0 atom stereocenters. The van der Waals surface area contributed by atoms with E-state index >= 15 is 0 Å². The maximum Gasteiger partial charge on any atom is 0.230 e. The number of hydrogen-bond donors (Lipinski definition) is 2. The fourth-order valence-electron chi connectivity index (χ4n) is 3.03. The topological polar surface area (TPSA) is 88.3 Å². The summed E-state index contributed by atoms with van der Waals surface area (Å²) in [6, 6.07) is 11.9. The van der Waals surface area contributed by atoms with Gasteiger partial charge in [0.15, 0.2) is 5.82 Å². The molecule has 3 aromatic rings. The van der Waals surface area contributed by atoms with Crippen LogP contribution in [0.2, 0.25) is 0 Å². The molecule has 140 valence electrons. The van der Waals surface area contributed by atoms with Gasteiger partial charge in [0.2, 0.25) is 5.95 Å². The number of rotatable bonds is 5. The van der Waals surface area contributed by atoms with E-state index < -0.39 is 0 Å². The van der Waals surface area contributed by atoms with E-state index in [-0.39, 0.29) is 0 Å². The van der Waals surface area contributed by atoms with Crippen LogP contribution >= 0.6 is 0 Å². The molecule has 3 heterocycles. The van der Waals surface area contributed by atoms with E-state index in [2.05, 4.69) is 42.8 Å². The minimum atomic E-state index is 0.467. The van der Waals surface area contributed by atoms with Crippen molar-refractivity contribution in [3.05, 3.63) is 47.9 Å². The average Bonchev–Trinajstić information content (AvgIpc) is 3.07. The molecule has 8 nitrogen and oxygen atoms in total. The van der Waals surface area contributed by atoms with E-state index in [1.807, 2.05) is 32.0 Å². The van der Waals surface area contributed by atoms with Crippen LogP contribution in [-0.2, 0) is 4.74 Å². The van der Waals surface area contributed by atoms with Crippen molar-refractivity contribution in [1.29, 1.82) is 0 Å². The van der Waals surface area contributed by atoms with Gasteiger partial charge in [-0.15, -0.1) is 0 Å². The molecule has 1 aliphatic rings. The predicted molar refractivity (Wildman–Crippen MR) is 104 cm³/mol. The fraction of sp³-hybridized carbons (Fsp3) is 0.316. The summed E-state index contributed by atoms with van der Waals surface area (Å²) < 4.78 is 10.5. The van der Waals surface area contributed by atoms with Crippen molar-refractivity contribution in [1.82, 2.24) is 15.1 Å². The third-order valence-corrected chi connectivity index (χ3v) is 4.24. The second-order valence-corrected chi connectivity index (χ2v) is 6.41. The van der Waals surface area contributed by atoms with E-state index in [0.29, 0.717) is 17.6 Å². The number of nitrogens with one attached hydrogen (secondary N) is 2. The average molecular weight is 366 g/mol. The van der Waals surface area contributed by atoms with Gasteiger partial charge >= 0.3 is 0 Å². The minimum absolute atomic E-state index is 0.467. The lowest BCUT2D eigenvalue weighted by molar-refractivity contribution is 0.123. The Labute approximate surface area is 157 Å². The molecule has 0 unspecified atom stereocenters. The van der Waals surface area contributed by atoms with Gasteiger partial charge in [-0.3, -0.25) is 0 Å². The minimum Gasteiger partial charge on any atom is -0.378 e. The van der Waals surface area contributed by atoms with Crippen LogP contribution in [0.5, 0.6) is 0 Å². The van der Waals surface area contributed by atoms with Gasteiger partial charge in [0.25, 0.3) is 0 Å². The number of morpholine rings is 1. The number of hydrogen-bond acceptors (Lipinski definition) is 8. The highest BCUT2D eigenvalue weighted by Crippen LogP contribution is 2.29. The number of anilines is 5. The van der Waals surface area contributed by atoms with Crippen molar-refractivity contribution in [3.8, 4) is 0 Å². The maximum atomic E-state index is 5.46. The first kappa shape index (κ1) is 17.3. The number of para-hydroxylation sites is 2. The van der Waals surface area contributed by atoms with Gasteiger partial charge in [-0.2, -0.15) is 4.98 Å². The van der Waals surface area contributed by atoms with E-state index in [4.69, 9.17) is 9.26 Å². The second kappa shape index (κ2) is 7.63. The van der Waals surface area contributed by atoms with Crippen molar-refractivity contribution in [2.75, 3.05) is 41.8 Å². The molecule has 2 N–H and O–H groups in total. The Balaban J connectivity index is 1.57. The third-order valence-electron chi connectivity index (χ3n) is 4.24. The highest BCUT2D eigenvalue weighted by molar-refractivity contribution is 5.74. The molecule has 1 aromatic carbocycles. The van der Waals surface area contributed by atoms with Gasteiger partial charge < -0.3 is 24.8 Å². The largest absolute Gasteiger partial charge is 0.378 e. The first-order chi connectivity index (χ1) is 13.2. The zero-order valence-electron chi connectivity index (χ0n) is 15.4. The summed E-state index contributed by atoms with van der Waals surface area (Å²) in [6.07, 6.45) is 0. The SMILES string of the molecule is Cc1cc(Nc2ccccc2N2CCOCC2)nc(Nc2cc(C)on2)n1. The zero-order chi connectivity index (χ0) is 18.6. The van der Waals surface area contributed by atoms with Crippen molar-refractivity contribution in [3.63, 3.8) is 0 Å². The first-order valence-corrected chi connectivity index (χ1v) is 8.92. The first-order valence-electron chi connectivity index (χ1n) is 8.92. The van der Waals surface area contributed by atoms with E-state index in [9.17, 15) is 0 Å². The smallest absolute Gasteiger partial charge is 0.230 e. The molecule has 8 heteroatoms. The summed E-state index contributed by atoms with van der Waals surface area (Å²) in [4.78, 5) is 11.3. The highest BCUT2D eigenvalue weighted by atomic mass is 16.5. The van der Waals surface area contributed by atoms with Crippen molar-refractivity contribution in [2.24, 2.45) is 0 Å². The molecule has 27 heavy (non-hydrogen) atoms. The van der Waals surface area contributed by atoms with Gasteiger partial charge in [-0.1, -0.05) is 17.3 Å². The predicted octanol–water partition coefficient (Wildman–Crippen LogP) is 3.41. The van der Waals surface area contributed by atoms with Crippen LogP contribution < -0.4 is 15.5 Å². The van der Waals surface area contributed by atoms with Gasteiger partial charge in [0.1, 0.15) is 11.6 Å². The lowest BCUT2D eigenvalue weighted by Gasteiger charge is -2.30. The quantitative estimate of drug-likeness (QED) is 0.710. The summed E-state index contributed by atoms with van der Waals surface area (Å²) in [6.45, 7) is 7.00. The lowest BCUT2D eigenvalue weighted by Crippen LogP contribution is -2.36. The fourth-order valence-corrected chi connectivity index (χ4v) is 3.03. The van der Waals surface area contributed by atoms with Crippen LogP contribution in [0.15, 0.2) is 40.9 Å². The van der Waals surface area contributed by atoms with Crippen LogP contribution in [0.3, 0.4) is 0 Å². The molecule has 2 aromatic heterocycles. The summed E-state index contributed by atoms with van der Waals surface area (Å²) in [5, 5.41) is 10.4. The normalized spacial score (nSPS) is 14.2. The van der Waals surface area contributed by atoms with Crippen LogP contribution in [0.25, 0.3) is 0 Å². The molecule has 0 spiro atoms. The molecule has 0 aliphatic carbocycles. The Morgan fingerprint density at radius 1 is 0.963 bits per heavy atom. The standard InChI is InChI=1S/C19H22N6O2/c1-13-11-17(22-19(20-13)23-18-12-14(2)27-24-18)21-15-5-3-4-6-16(15)25-7-9-26-10-8-25/h3-6,11-12H,7-10H2,1-2H3,(H2,20,21,22,23,24). The van der Waals surface area contributed by atoms with Crippen LogP contribution in [-0.4, -0.2) is 41.4 Å². The Morgan fingerprint density at radius 3 is 2.56 bits per heavy atom. The third kappa shape index (κ3) is 4.17. The monoisotopic (exact) mass is 366 g/mol. The molecule has 4 rings (SSSR count). The van der Waals surface area contributed by atoms with Crippen molar-refractivity contribution in [2.45, 2.75) is 13.8 Å². The molecule has 1 fully saturated rings. The highest BCUT2D eigenvalue weighted by Gasteiger charge is 2.15. The summed E-state index contributed by atoms with van der Waals surface area (Å²) >= 11 is 0. The lowest BCUT2D eigenvalue weighted by atomic mass is 10.2. The zero-order valence-corrected chi connectivity index (χ0v) is 15.4. The Hall–Kier alpha value is -3.13. The molecule has 0 bridgehead atoms. The Kier molecular flexibility index (Phi) is 4.88. The van der Waals surface area contributed by atoms with Crippen LogP contribution in [0, 0.1) is 13.8 Å². The number of benzene rings is 1. The maximum absolute atomic E-state index is 5.46. The van der Waals surface area contributed by atoms with E-state index in [1.54, 1.807) is 6.07 Å². The molecule has 0 saturated carbocycles. The van der Waals surface area contributed by atoms with Gasteiger partial charge in [-0.25, -0.2) is 4.98 Å². The number of nitrogens with zero attached hydrogens (tertiary/aromatic N) is 4. The van der Waals surface area contributed by atoms with Crippen LogP contribution in [0.1, 0.15) is 11.5 Å². The Bertz CT molecular complexity index is 920. The molecule has 0 amide bonds. The van der Waals surface area contributed by atoms with Gasteiger partial charge in [0.05, 0.1) is 24.6 Å². The van der Waals surface area contributed by atoms with E-state index in [1.165, 1.54) is 0 Å². The molecular formula is C19H22N6O2. The van der Waals surface area contributed by atoms with Crippen molar-refractivity contribution >= 4 is 29.0 Å². The second-order valence-electron chi connectivity index (χ2n) is 6.41. The van der Waals surface area contributed by atoms with E-state index in [0.717, 1.165) is 49.1 Å². The molecule has 1 saturated heterocycles.